The number of fused-ring (bicyclic) bond motifs is 1. The van der Waals surface area contributed by atoms with Gasteiger partial charge in [0.2, 0.25) is 0 Å². The molecule has 1 aromatic carbocycles. The van der Waals surface area contributed by atoms with Crippen LogP contribution >= 0.6 is 0 Å². The van der Waals surface area contributed by atoms with Crippen LogP contribution in [-0.2, 0) is 0 Å². The summed E-state index contributed by atoms with van der Waals surface area (Å²) in [5.41, 5.74) is 2.71. The van der Waals surface area contributed by atoms with E-state index in [0.717, 1.165) is 22.9 Å². The maximum absolute atomic E-state index is 9.03. The second kappa shape index (κ2) is 6.52. The Hall–Kier alpha value is -3.18. The number of hydrogen-bond donors (Lipinski definition) is 0. The predicted molar refractivity (Wildman–Crippen MR) is 88.8 cm³/mol. The molecule has 24 heavy (non-hydrogen) atoms. The van der Waals surface area contributed by atoms with Gasteiger partial charge in [-0.2, -0.15) is 10.5 Å². The first-order valence-corrected chi connectivity index (χ1v) is 7.69. The Labute approximate surface area is 141 Å². The van der Waals surface area contributed by atoms with Crippen molar-refractivity contribution in [2.24, 2.45) is 0 Å². The van der Waals surface area contributed by atoms with Crippen molar-refractivity contribution in [3.8, 4) is 23.6 Å². The zero-order chi connectivity index (χ0) is 17.1. The van der Waals surface area contributed by atoms with Crippen molar-refractivity contribution in [1.29, 1.82) is 10.5 Å². The first kappa shape index (κ1) is 15.7. The molecule has 0 saturated carbocycles. The normalized spacial score (nSPS) is 18.9. The third-order valence-corrected chi connectivity index (χ3v) is 4.05. The van der Waals surface area contributed by atoms with Crippen LogP contribution in [0.2, 0.25) is 0 Å². The van der Waals surface area contributed by atoms with Crippen molar-refractivity contribution in [1.82, 2.24) is 4.90 Å². The van der Waals surface area contributed by atoms with Crippen molar-refractivity contribution >= 4 is 0 Å². The van der Waals surface area contributed by atoms with Crippen LogP contribution in [0.4, 0.5) is 0 Å². The van der Waals surface area contributed by atoms with Gasteiger partial charge in [0.25, 0.3) is 0 Å². The van der Waals surface area contributed by atoms with Gasteiger partial charge in [0.05, 0.1) is 6.54 Å². The molecule has 5 nitrogen and oxygen atoms in total. The van der Waals surface area contributed by atoms with E-state index in [-0.39, 0.29) is 11.7 Å². The standard InChI is InChI=1S/C19H17N3O2/c1-13-7-15(16(9-20)10-21)8-14(2)22(13)11-17-12-23-18-5-3-4-6-19(18)24-17/h3-8,17H,11-12H2,1-2H3/t17-/m0/s1. The monoisotopic (exact) mass is 319 g/mol. The van der Waals surface area contributed by atoms with E-state index in [1.807, 2.05) is 62.4 Å². The fourth-order valence-electron chi connectivity index (χ4n) is 2.87. The maximum Gasteiger partial charge on any atom is 0.161 e. The minimum Gasteiger partial charge on any atom is -0.486 e. The van der Waals surface area contributed by atoms with Gasteiger partial charge in [-0.1, -0.05) is 12.1 Å². The Morgan fingerprint density at radius 3 is 2.38 bits per heavy atom. The highest BCUT2D eigenvalue weighted by Crippen LogP contribution is 2.32. The largest absolute Gasteiger partial charge is 0.486 e. The van der Waals surface area contributed by atoms with Gasteiger partial charge in [0, 0.05) is 17.0 Å². The van der Waals surface area contributed by atoms with Crippen LogP contribution in [0.15, 0.2) is 59.0 Å². The Morgan fingerprint density at radius 2 is 1.75 bits per heavy atom. The number of nitrogens with zero attached hydrogens (tertiary/aromatic N) is 3. The van der Waals surface area contributed by atoms with E-state index in [2.05, 4.69) is 4.90 Å². The van der Waals surface area contributed by atoms with Gasteiger partial charge in [0.15, 0.2) is 17.6 Å². The number of para-hydroxylation sites is 2. The van der Waals surface area contributed by atoms with E-state index >= 15 is 0 Å². The average molecular weight is 319 g/mol. The third-order valence-electron chi connectivity index (χ3n) is 4.05. The second-order valence-corrected chi connectivity index (χ2v) is 5.73. The van der Waals surface area contributed by atoms with Gasteiger partial charge in [-0.05, 0) is 38.1 Å². The first-order valence-electron chi connectivity index (χ1n) is 7.69. The summed E-state index contributed by atoms with van der Waals surface area (Å²) in [7, 11) is 0. The number of hydrogen-bond acceptors (Lipinski definition) is 5. The molecule has 120 valence electrons. The summed E-state index contributed by atoms with van der Waals surface area (Å²) in [6.45, 7) is 5.04. The lowest BCUT2D eigenvalue weighted by atomic mass is 10.0. The molecule has 0 unspecified atom stereocenters. The fourth-order valence-corrected chi connectivity index (χ4v) is 2.87. The molecule has 0 fully saturated rings. The lowest BCUT2D eigenvalue weighted by Crippen LogP contribution is -2.40. The molecule has 2 aliphatic rings. The highest BCUT2D eigenvalue weighted by molar-refractivity contribution is 5.53. The summed E-state index contributed by atoms with van der Waals surface area (Å²) in [4.78, 5) is 2.11. The molecule has 2 heterocycles. The molecule has 0 radical (unpaired) electrons. The van der Waals surface area contributed by atoms with Crippen molar-refractivity contribution in [2.45, 2.75) is 20.0 Å². The number of allylic oxidation sites excluding steroid dienone is 6. The molecular weight excluding hydrogens is 302 g/mol. The fraction of sp³-hybridized carbons (Fsp3) is 0.263. The van der Waals surface area contributed by atoms with Crippen molar-refractivity contribution < 1.29 is 9.47 Å². The van der Waals surface area contributed by atoms with Crippen molar-refractivity contribution in [2.75, 3.05) is 13.2 Å². The molecule has 0 saturated heterocycles. The molecule has 0 bridgehead atoms. The quantitative estimate of drug-likeness (QED) is 0.782. The maximum atomic E-state index is 9.03. The minimum atomic E-state index is -0.0940. The molecular formula is C19H17N3O2. The van der Waals surface area contributed by atoms with E-state index in [0.29, 0.717) is 18.7 Å². The predicted octanol–water partition coefficient (Wildman–Crippen LogP) is 3.29. The van der Waals surface area contributed by atoms with Crippen LogP contribution in [-0.4, -0.2) is 24.2 Å². The Balaban J connectivity index is 1.77. The third kappa shape index (κ3) is 2.98. The summed E-state index contributed by atoms with van der Waals surface area (Å²) in [5.74, 6) is 1.52. The average Bonchev–Trinajstić information content (AvgIpc) is 2.59. The van der Waals surface area contributed by atoms with Crippen LogP contribution in [0.3, 0.4) is 0 Å². The highest BCUT2D eigenvalue weighted by Gasteiger charge is 2.25. The molecule has 1 atom stereocenters. The zero-order valence-electron chi connectivity index (χ0n) is 13.6. The number of rotatable bonds is 2. The van der Waals surface area contributed by atoms with Crippen LogP contribution in [0.5, 0.6) is 11.5 Å². The van der Waals surface area contributed by atoms with Crippen molar-refractivity contribution in [3.63, 3.8) is 0 Å². The summed E-state index contributed by atoms with van der Waals surface area (Å²) < 4.78 is 11.8. The SMILES string of the molecule is CC1=CC(=C(C#N)C#N)C=C(C)N1C[C@H]1COc2ccccc2O1. The summed E-state index contributed by atoms with van der Waals surface area (Å²) in [6, 6.07) is 11.5. The minimum absolute atomic E-state index is 0.0940. The van der Waals surface area contributed by atoms with Crippen LogP contribution in [0.25, 0.3) is 0 Å². The molecule has 2 aliphatic heterocycles. The zero-order valence-corrected chi connectivity index (χ0v) is 13.6. The lowest BCUT2D eigenvalue weighted by molar-refractivity contribution is 0.0735. The molecule has 0 N–H and O–H groups in total. The topological polar surface area (TPSA) is 69.3 Å². The highest BCUT2D eigenvalue weighted by atomic mass is 16.6. The first-order chi connectivity index (χ1) is 11.6. The smallest absolute Gasteiger partial charge is 0.161 e. The molecule has 0 aromatic heterocycles. The lowest BCUT2D eigenvalue weighted by Gasteiger charge is -2.35. The summed E-state index contributed by atoms with van der Waals surface area (Å²) in [6.07, 6.45) is 3.61. The molecule has 0 amide bonds. The van der Waals surface area contributed by atoms with E-state index in [9.17, 15) is 0 Å². The van der Waals surface area contributed by atoms with Gasteiger partial charge in [-0.3, -0.25) is 0 Å². The molecule has 0 spiro atoms. The van der Waals surface area contributed by atoms with Crippen LogP contribution in [0, 0.1) is 22.7 Å². The molecule has 5 heteroatoms. The number of ether oxygens (including phenoxy) is 2. The van der Waals surface area contributed by atoms with Gasteiger partial charge in [-0.25, -0.2) is 0 Å². The summed E-state index contributed by atoms with van der Waals surface area (Å²) >= 11 is 0. The number of benzene rings is 1. The van der Waals surface area contributed by atoms with Gasteiger partial charge in [0.1, 0.15) is 24.3 Å². The molecule has 0 aliphatic carbocycles. The second-order valence-electron chi connectivity index (χ2n) is 5.73. The van der Waals surface area contributed by atoms with E-state index in [1.54, 1.807) is 0 Å². The Morgan fingerprint density at radius 1 is 1.12 bits per heavy atom. The van der Waals surface area contributed by atoms with E-state index in [4.69, 9.17) is 20.0 Å². The summed E-state index contributed by atoms with van der Waals surface area (Å²) in [5, 5.41) is 18.1. The van der Waals surface area contributed by atoms with Crippen LogP contribution in [0.1, 0.15) is 13.8 Å². The number of nitriles is 2. The molecule has 3 rings (SSSR count). The van der Waals surface area contributed by atoms with E-state index in [1.165, 1.54) is 0 Å². The van der Waals surface area contributed by atoms with E-state index < -0.39 is 0 Å². The van der Waals surface area contributed by atoms with Crippen molar-refractivity contribution in [3.05, 3.63) is 59.0 Å². The Bertz CT molecular complexity index is 799. The molecule has 1 aromatic rings. The van der Waals surface area contributed by atoms with Gasteiger partial charge < -0.3 is 14.4 Å². The Kier molecular flexibility index (Phi) is 4.26. The van der Waals surface area contributed by atoms with Gasteiger partial charge >= 0.3 is 0 Å². The van der Waals surface area contributed by atoms with Gasteiger partial charge in [-0.15, -0.1) is 0 Å². The van der Waals surface area contributed by atoms with Crippen LogP contribution < -0.4 is 9.47 Å².